The lowest BCUT2D eigenvalue weighted by molar-refractivity contribution is 0.102. The molecule has 2 aromatic carbocycles. The van der Waals surface area contributed by atoms with Crippen molar-refractivity contribution in [3.63, 3.8) is 0 Å². The summed E-state index contributed by atoms with van der Waals surface area (Å²) in [5, 5.41) is 17.0. The number of para-hydroxylation sites is 1. The van der Waals surface area contributed by atoms with Crippen LogP contribution in [0.1, 0.15) is 10.5 Å². The van der Waals surface area contributed by atoms with Gasteiger partial charge in [0.15, 0.2) is 5.65 Å². The van der Waals surface area contributed by atoms with Crippen molar-refractivity contribution in [2.24, 2.45) is 0 Å². The van der Waals surface area contributed by atoms with Gasteiger partial charge in [-0.3, -0.25) is 9.78 Å². The van der Waals surface area contributed by atoms with Gasteiger partial charge in [0.25, 0.3) is 5.91 Å². The van der Waals surface area contributed by atoms with Crippen molar-refractivity contribution in [3.8, 4) is 22.8 Å². The largest absolute Gasteiger partial charge is 0.321 e. The molecule has 0 unspecified atom stereocenters. The van der Waals surface area contributed by atoms with Crippen molar-refractivity contribution in [1.29, 1.82) is 0 Å². The molecule has 0 aliphatic heterocycles. The van der Waals surface area contributed by atoms with Gasteiger partial charge >= 0.3 is 0 Å². The molecule has 0 aliphatic rings. The Morgan fingerprint density at radius 2 is 1.62 bits per heavy atom. The van der Waals surface area contributed by atoms with E-state index in [9.17, 15) is 4.79 Å². The lowest BCUT2D eigenvalue weighted by Crippen LogP contribution is -2.13. The topological polar surface area (TPSA) is 98.0 Å². The molecule has 0 saturated carbocycles. The van der Waals surface area contributed by atoms with E-state index in [0.717, 1.165) is 22.2 Å². The Kier molecular flexibility index (Phi) is 4.73. The third-order valence-corrected chi connectivity index (χ3v) is 5.43. The third-order valence-electron chi connectivity index (χ3n) is 5.43. The Balaban J connectivity index is 1.25. The fourth-order valence-electron chi connectivity index (χ4n) is 3.71. The second-order valence-corrected chi connectivity index (χ2v) is 7.65. The zero-order valence-corrected chi connectivity index (χ0v) is 17.8. The maximum absolute atomic E-state index is 12.7. The summed E-state index contributed by atoms with van der Waals surface area (Å²) in [7, 11) is 0. The van der Waals surface area contributed by atoms with Crippen LogP contribution in [0.25, 0.3) is 39.3 Å². The minimum Gasteiger partial charge on any atom is -0.321 e. The molecule has 4 heterocycles. The summed E-state index contributed by atoms with van der Waals surface area (Å²) in [6.45, 7) is 0. The van der Waals surface area contributed by atoms with Gasteiger partial charge in [-0.05, 0) is 48.5 Å². The third kappa shape index (κ3) is 3.63. The summed E-state index contributed by atoms with van der Waals surface area (Å²) in [5.41, 5.74) is 4.79. The quantitative estimate of drug-likeness (QED) is 0.426. The standard InChI is InChI=1S/C26H17N7O/c34-26(23-13-10-17-5-1-2-6-20(17)29-23)28-19-11-8-18(9-12-19)21-14-15-24-30-31-25(33(24)32-21)22-7-3-4-16-27-22/h1-16H,(H,28,34). The van der Waals surface area contributed by atoms with Crippen molar-refractivity contribution < 1.29 is 4.79 Å². The van der Waals surface area contributed by atoms with Crippen LogP contribution in [-0.4, -0.2) is 35.7 Å². The van der Waals surface area contributed by atoms with Crippen molar-refractivity contribution in [3.05, 3.63) is 103 Å². The van der Waals surface area contributed by atoms with Gasteiger partial charge in [-0.25, -0.2) is 4.98 Å². The van der Waals surface area contributed by atoms with Crippen LogP contribution in [-0.2, 0) is 0 Å². The number of carbonyl (C=O) groups is 1. The van der Waals surface area contributed by atoms with Crippen LogP contribution in [0.2, 0.25) is 0 Å². The molecule has 0 bridgehead atoms. The van der Waals surface area contributed by atoms with Crippen LogP contribution in [0.3, 0.4) is 0 Å². The van der Waals surface area contributed by atoms with Gasteiger partial charge in [0.05, 0.1) is 11.2 Å². The Bertz CT molecular complexity index is 1640. The Hall–Kier alpha value is -4.98. The van der Waals surface area contributed by atoms with E-state index in [0.29, 0.717) is 28.5 Å². The van der Waals surface area contributed by atoms with Gasteiger partial charge in [-0.2, -0.15) is 9.61 Å². The number of amides is 1. The minimum absolute atomic E-state index is 0.262. The number of rotatable bonds is 4. The summed E-state index contributed by atoms with van der Waals surface area (Å²) in [6.07, 6.45) is 1.71. The highest BCUT2D eigenvalue weighted by Gasteiger charge is 2.12. The van der Waals surface area contributed by atoms with E-state index in [2.05, 4.69) is 25.5 Å². The number of anilines is 1. The van der Waals surface area contributed by atoms with Crippen molar-refractivity contribution in [1.82, 2.24) is 29.8 Å². The number of carbonyl (C=O) groups excluding carboxylic acids is 1. The number of fused-ring (bicyclic) bond motifs is 2. The lowest BCUT2D eigenvalue weighted by atomic mass is 10.1. The number of hydrogen-bond acceptors (Lipinski definition) is 6. The SMILES string of the molecule is O=C(Nc1ccc(-c2ccc3nnc(-c4ccccn4)n3n2)cc1)c1ccc2ccccc2n1. The molecule has 6 aromatic rings. The van der Waals surface area contributed by atoms with E-state index < -0.39 is 0 Å². The van der Waals surface area contributed by atoms with Crippen LogP contribution >= 0.6 is 0 Å². The van der Waals surface area contributed by atoms with Crippen molar-refractivity contribution >= 4 is 28.1 Å². The van der Waals surface area contributed by atoms with Gasteiger partial charge in [0.2, 0.25) is 5.82 Å². The molecule has 0 radical (unpaired) electrons. The van der Waals surface area contributed by atoms with Crippen LogP contribution in [0.4, 0.5) is 5.69 Å². The molecule has 0 spiro atoms. The predicted octanol–water partition coefficient (Wildman–Crippen LogP) is 4.65. The predicted molar refractivity (Wildman–Crippen MR) is 129 cm³/mol. The molecule has 6 rings (SSSR count). The molecule has 0 atom stereocenters. The molecule has 0 aliphatic carbocycles. The first-order valence-corrected chi connectivity index (χ1v) is 10.7. The van der Waals surface area contributed by atoms with Gasteiger partial charge in [0, 0.05) is 22.8 Å². The van der Waals surface area contributed by atoms with Crippen LogP contribution in [0, 0.1) is 0 Å². The second kappa shape index (κ2) is 8.18. The van der Waals surface area contributed by atoms with E-state index in [1.54, 1.807) is 16.8 Å². The average Bonchev–Trinajstić information content (AvgIpc) is 3.33. The summed E-state index contributed by atoms with van der Waals surface area (Å²) < 4.78 is 1.68. The zero-order valence-electron chi connectivity index (χ0n) is 17.8. The smallest absolute Gasteiger partial charge is 0.274 e. The molecule has 162 valence electrons. The first kappa shape index (κ1) is 19.7. The number of hydrogen-bond donors (Lipinski definition) is 1. The molecular weight excluding hydrogens is 426 g/mol. The lowest BCUT2D eigenvalue weighted by Gasteiger charge is -2.07. The highest BCUT2D eigenvalue weighted by atomic mass is 16.1. The number of nitrogens with zero attached hydrogens (tertiary/aromatic N) is 6. The first-order valence-electron chi connectivity index (χ1n) is 10.7. The molecule has 8 heteroatoms. The molecule has 0 saturated heterocycles. The normalized spacial score (nSPS) is 11.1. The van der Waals surface area contributed by atoms with Gasteiger partial charge in [-0.1, -0.05) is 42.5 Å². The molecule has 34 heavy (non-hydrogen) atoms. The van der Waals surface area contributed by atoms with Crippen molar-refractivity contribution in [2.45, 2.75) is 0 Å². The summed E-state index contributed by atoms with van der Waals surface area (Å²) >= 11 is 0. The summed E-state index contributed by atoms with van der Waals surface area (Å²) in [6, 6.07) is 28.2. The van der Waals surface area contributed by atoms with E-state index in [4.69, 9.17) is 5.10 Å². The Morgan fingerprint density at radius 1 is 0.765 bits per heavy atom. The highest BCUT2D eigenvalue weighted by Crippen LogP contribution is 2.22. The molecule has 1 N–H and O–H groups in total. The number of pyridine rings is 2. The molecule has 4 aromatic heterocycles. The summed E-state index contributed by atoms with van der Waals surface area (Å²) in [5.74, 6) is 0.312. The van der Waals surface area contributed by atoms with Gasteiger partial charge < -0.3 is 5.32 Å². The average molecular weight is 443 g/mol. The van der Waals surface area contributed by atoms with Gasteiger partial charge in [0.1, 0.15) is 11.4 Å². The Morgan fingerprint density at radius 3 is 2.47 bits per heavy atom. The highest BCUT2D eigenvalue weighted by molar-refractivity contribution is 6.04. The molecule has 0 fully saturated rings. The van der Waals surface area contributed by atoms with Crippen LogP contribution < -0.4 is 5.32 Å². The fourth-order valence-corrected chi connectivity index (χ4v) is 3.71. The zero-order chi connectivity index (χ0) is 22.9. The van der Waals surface area contributed by atoms with E-state index in [1.807, 2.05) is 84.9 Å². The number of benzene rings is 2. The summed E-state index contributed by atoms with van der Waals surface area (Å²) in [4.78, 5) is 21.5. The van der Waals surface area contributed by atoms with E-state index in [1.165, 1.54) is 0 Å². The second-order valence-electron chi connectivity index (χ2n) is 7.65. The van der Waals surface area contributed by atoms with E-state index >= 15 is 0 Å². The maximum atomic E-state index is 12.7. The van der Waals surface area contributed by atoms with E-state index in [-0.39, 0.29) is 5.91 Å². The Labute approximate surface area is 194 Å². The van der Waals surface area contributed by atoms with Gasteiger partial charge in [-0.15, -0.1) is 10.2 Å². The fraction of sp³-hybridized carbons (Fsp3) is 0. The maximum Gasteiger partial charge on any atom is 0.274 e. The monoisotopic (exact) mass is 443 g/mol. The minimum atomic E-state index is -0.262. The van der Waals surface area contributed by atoms with Crippen LogP contribution in [0.15, 0.2) is 97.2 Å². The van der Waals surface area contributed by atoms with Crippen molar-refractivity contribution in [2.75, 3.05) is 5.32 Å². The number of nitrogens with one attached hydrogen (secondary N) is 1. The number of aromatic nitrogens is 6. The molecule has 8 nitrogen and oxygen atoms in total. The molecular formula is C26H17N7O. The van der Waals surface area contributed by atoms with Crippen LogP contribution in [0.5, 0.6) is 0 Å². The molecule has 1 amide bonds. The first-order chi connectivity index (χ1) is 16.7.